The van der Waals surface area contributed by atoms with E-state index in [0.717, 1.165) is 38.1 Å². The Hall–Kier alpha value is -1.03. The molecule has 1 N–H and O–H groups in total. The van der Waals surface area contributed by atoms with E-state index in [0.29, 0.717) is 12.1 Å². The molecule has 0 spiro atoms. The topological polar surface area (TPSA) is 39.1 Å². The molecule has 1 aliphatic rings. The zero-order valence-corrected chi connectivity index (χ0v) is 10.1. The van der Waals surface area contributed by atoms with Crippen LogP contribution < -0.4 is 10.1 Å². The molecule has 0 amide bonds. The number of rotatable bonds is 6. The summed E-state index contributed by atoms with van der Waals surface area (Å²) in [6.07, 6.45) is 7.52. The van der Waals surface area contributed by atoms with Gasteiger partial charge in [0.2, 0.25) is 0 Å². The first-order valence-electron chi connectivity index (χ1n) is 6.24. The van der Waals surface area contributed by atoms with Crippen molar-refractivity contribution in [2.75, 3.05) is 6.54 Å². The number of ether oxygens (including phenoxy) is 1. The SMILES string of the molecule is CCCn1cc(OC2CC(NCC)C2)cn1. The Balaban J connectivity index is 1.73. The molecule has 1 aliphatic carbocycles. The Labute approximate surface area is 97.0 Å². The van der Waals surface area contributed by atoms with Crippen LogP contribution in [0.4, 0.5) is 0 Å². The van der Waals surface area contributed by atoms with Crippen molar-refractivity contribution in [3.05, 3.63) is 12.4 Å². The summed E-state index contributed by atoms with van der Waals surface area (Å²) in [7, 11) is 0. The van der Waals surface area contributed by atoms with Crippen LogP contribution in [0.25, 0.3) is 0 Å². The lowest BCUT2D eigenvalue weighted by Crippen LogP contribution is -2.46. The molecule has 16 heavy (non-hydrogen) atoms. The number of aryl methyl sites for hydroxylation is 1. The molecule has 90 valence electrons. The van der Waals surface area contributed by atoms with E-state index in [4.69, 9.17) is 4.74 Å². The second kappa shape index (κ2) is 5.34. The van der Waals surface area contributed by atoms with Crippen molar-refractivity contribution in [1.82, 2.24) is 15.1 Å². The Morgan fingerprint density at radius 1 is 1.50 bits per heavy atom. The molecule has 1 aromatic heterocycles. The molecule has 0 unspecified atom stereocenters. The lowest BCUT2D eigenvalue weighted by atomic mass is 9.89. The van der Waals surface area contributed by atoms with Gasteiger partial charge >= 0.3 is 0 Å². The fourth-order valence-corrected chi connectivity index (χ4v) is 2.07. The van der Waals surface area contributed by atoms with Crippen molar-refractivity contribution >= 4 is 0 Å². The second-order valence-corrected chi connectivity index (χ2v) is 4.40. The van der Waals surface area contributed by atoms with Crippen LogP contribution in [0.1, 0.15) is 33.1 Å². The fraction of sp³-hybridized carbons (Fsp3) is 0.750. The molecule has 1 saturated carbocycles. The molecule has 0 saturated heterocycles. The monoisotopic (exact) mass is 223 g/mol. The van der Waals surface area contributed by atoms with Crippen LogP contribution in [0.3, 0.4) is 0 Å². The average molecular weight is 223 g/mol. The van der Waals surface area contributed by atoms with Crippen molar-refractivity contribution in [2.24, 2.45) is 0 Å². The van der Waals surface area contributed by atoms with Crippen LogP contribution in [0, 0.1) is 0 Å². The quantitative estimate of drug-likeness (QED) is 0.799. The van der Waals surface area contributed by atoms with Crippen LogP contribution in [0.5, 0.6) is 5.75 Å². The summed E-state index contributed by atoms with van der Waals surface area (Å²) in [6.45, 7) is 6.30. The minimum Gasteiger partial charge on any atom is -0.487 e. The van der Waals surface area contributed by atoms with Crippen LogP contribution >= 0.6 is 0 Å². The zero-order valence-electron chi connectivity index (χ0n) is 10.1. The Kier molecular flexibility index (Phi) is 3.83. The van der Waals surface area contributed by atoms with Crippen molar-refractivity contribution in [3.8, 4) is 5.75 Å². The smallest absolute Gasteiger partial charge is 0.157 e. The zero-order chi connectivity index (χ0) is 11.4. The van der Waals surface area contributed by atoms with E-state index < -0.39 is 0 Å². The van der Waals surface area contributed by atoms with Crippen LogP contribution in [-0.4, -0.2) is 28.5 Å². The van der Waals surface area contributed by atoms with Crippen LogP contribution in [0.2, 0.25) is 0 Å². The van der Waals surface area contributed by atoms with Crippen molar-refractivity contribution in [3.63, 3.8) is 0 Å². The van der Waals surface area contributed by atoms with E-state index in [1.165, 1.54) is 0 Å². The number of nitrogens with zero attached hydrogens (tertiary/aromatic N) is 2. The maximum absolute atomic E-state index is 5.83. The molecule has 0 aliphatic heterocycles. The van der Waals surface area contributed by atoms with Crippen LogP contribution in [0.15, 0.2) is 12.4 Å². The van der Waals surface area contributed by atoms with Gasteiger partial charge in [-0.15, -0.1) is 0 Å². The van der Waals surface area contributed by atoms with E-state index in [9.17, 15) is 0 Å². The summed E-state index contributed by atoms with van der Waals surface area (Å²) in [5.41, 5.74) is 0. The van der Waals surface area contributed by atoms with E-state index >= 15 is 0 Å². The highest BCUT2D eigenvalue weighted by Gasteiger charge is 2.30. The summed E-state index contributed by atoms with van der Waals surface area (Å²) < 4.78 is 7.77. The lowest BCUT2D eigenvalue weighted by Gasteiger charge is -2.35. The molecule has 1 aromatic rings. The molecule has 0 aromatic carbocycles. The van der Waals surface area contributed by atoms with E-state index in [1.807, 2.05) is 17.1 Å². The highest BCUT2D eigenvalue weighted by atomic mass is 16.5. The Morgan fingerprint density at radius 3 is 3.00 bits per heavy atom. The van der Waals surface area contributed by atoms with Gasteiger partial charge in [-0.2, -0.15) is 5.10 Å². The minimum absolute atomic E-state index is 0.378. The Morgan fingerprint density at radius 2 is 2.31 bits per heavy atom. The van der Waals surface area contributed by atoms with E-state index in [1.54, 1.807) is 0 Å². The van der Waals surface area contributed by atoms with Gasteiger partial charge in [0.25, 0.3) is 0 Å². The van der Waals surface area contributed by atoms with E-state index in [2.05, 4.69) is 24.3 Å². The normalized spacial score (nSPS) is 24.1. The molecule has 0 atom stereocenters. The third-order valence-electron chi connectivity index (χ3n) is 2.95. The molecule has 0 bridgehead atoms. The van der Waals surface area contributed by atoms with Gasteiger partial charge in [-0.1, -0.05) is 13.8 Å². The first-order chi connectivity index (χ1) is 7.81. The lowest BCUT2D eigenvalue weighted by molar-refractivity contribution is 0.0858. The van der Waals surface area contributed by atoms with Gasteiger partial charge in [0.1, 0.15) is 6.10 Å². The summed E-state index contributed by atoms with van der Waals surface area (Å²) in [5.74, 6) is 0.911. The summed E-state index contributed by atoms with van der Waals surface area (Å²) >= 11 is 0. The van der Waals surface area contributed by atoms with Gasteiger partial charge in [0, 0.05) is 12.6 Å². The molecule has 1 fully saturated rings. The summed E-state index contributed by atoms with van der Waals surface area (Å²) in [6, 6.07) is 0.653. The number of nitrogens with one attached hydrogen (secondary N) is 1. The molecular formula is C12H21N3O. The maximum atomic E-state index is 5.83. The molecule has 0 radical (unpaired) electrons. The first kappa shape index (κ1) is 11.5. The number of aromatic nitrogens is 2. The molecule has 2 rings (SSSR count). The third-order valence-corrected chi connectivity index (χ3v) is 2.95. The number of hydrogen-bond donors (Lipinski definition) is 1. The van der Waals surface area contributed by atoms with Gasteiger partial charge < -0.3 is 10.1 Å². The van der Waals surface area contributed by atoms with Crippen molar-refractivity contribution in [2.45, 2.75) is 51.8 Å². The highest BCUT2D eigenvalue weighted by Crippen LogP contribution is 2.25. The predicted octanol–water partition coefficient (Wildman–Crippen LogP) is 1.81. The van der Waals surface area contributed by atoms with Crippen molar-refractivity contribution in [1.29, 1.82) is 0 Å². The number of hydrogen-bond acceptors (Lipinski definition) is 3. The molecule has 4 nitrogen and oxygen atoms in total. The molecule has 1 heterocycles. The van der Waals surface area contributed by atoms with Crippen LogP contribution in [-0.2, 0) is 6.54 Å². The predicted molar refractivity (Wildman–Crippen MR) is 63.6 cm³/mol. The Bertz CT molecular complexity index is 318. The molecule has 4 heteroatoms. The van der Waals surface area contributed by atoms with Crippen molar-refractivity contribution < 1.29 is 4.74 Å². The van der Waals surface area contributed by atoms with Gasteiger partial charge in [0.15, 0.2) is 5.75 Å². The minimum atomic E-state index is 0.378. The highest BCUT2D eigenvalue weighted by molar-refractivity contribution is 5.13. The van der Waals surface area contributed by atoms with Gasteiger partial charge in [-0.25, -0.2) is 0 Å². The van der Waals surface area contributed by atoms with Gasteiger partial charge in [-0.3, -0.25) is 4.68 Å². The first-order valence-corrected chi connectivity index (χ1v) is 6.24. The maximum Gasteiger partial charge on any atom is 0.157 e. The fourth-order valence-electron chi connectivity index (χ4n) is 2.07. The molecular weight excluding hydrogens is 202 g/mol. The summed E-state index contributed by atoms with van der Waals surface area (Å²) in [5, 5.41) is 7.67. The third kappa shape index (κ3) is 2.76. The largest absolute Gasteiger partial charge is 0.487 e. The standard InChI is InChI=1S/C12H21N3O/c1-3-5-15-9-12(8-14-15)16-11-6-10(7-11)13-4-2/h8-11,13H,3-7H2,1-2H3. The van der Waals surface area contributed by atoms with Gasteiger partial charge in [-0.05, 0) is 25.8 Å². The summed E-state index contributed by atoms with van der Waals surface area (Å²) in [4.78, 5) is 0. The van der Waals surface area contributed by atoms with E-state index in [-0.39, 0.29) is 0 Å². The second-order valence-electron chi connectivity index (χ2n) is 4.40. The van der Waals surface area contributed by atoms with Gasteiger partial charge in [0.05, 0.1) is 12.4 Å². The average Bonchev–Trinajstić information content (AvgIpc) is 2.63.